The van der Waals surface area contributed by atoms with Crippen molar-refractivity contribution in [2.75, 3.05) is 13.1 Å². The van der Waals surface area contributed by atoms with Gasteiger partial charge < -0.3 is 0 Å². The molecular weight excluding hydrogens is 436 g/mol. The smallest absolute Gasteiger partial charge is 0.169 e. The minimum atomic E-state index is 0.521. The quantitative estimate of drug-likeness (QED) is 0.383. The van der Waals surface area contributed by atoms with Gasteiger partial charge in [-0.1, -0.05) is 54.6 Å². The molecule has 5 heteroatoms. The zero-order valence-electron chi connectivity index (χ0n) is 17.1. The van der Waals surface area contributed by atoms with Gasteiger partial charge in [-0.05, 0) is 71.5 Å². The zero-order chi connectivity index (χ0) is 20.5. The van der Waals surface area contributed by atoms with E-state index in [1.807, 2.05) is 10.7 Å². The Labute approximate surface area is 185 Å². The fraction of sp³-hybridized carbons (Fsp3) is 0.280. The summed E-state index contributed by atoms with van der Waals surface area (Å²) in [6.07, 6.45) is 4.12. The molecule has 1 aliphatic heterocycles. The Morgan fingerprint density at radius 1 is 0.967 bits per heavy atom. The lowest BCUT2D eigenvalue weighted by Gasteiger charge is -2.32. The summed E-state index contributed by atoms with van der Waals surface area (Å²) in [7, 11) is 0. The van der Waals surface area contributed by atoms with E-state index in [1.165, 1.54) is 22.4 Å². The van der Waals surface area contributed by atoms with Crippen molar-refractivity contribution in [1.82, 2.24) is 19.5 Å². The highest BCUT2D eigenvalue weighted by Crippen LogP contribution is 2.30. The molecule has 0 aliphatic carbocycles. The van der Waals surface area contributed by atoms with Gasteiger partial charge in [-0.15, -0.1) is 0 Å². The molecule has 1 aliphatic rings. The van der Waals surface area contributed by atoms with Gasteiger partial charge in [0.15, 0.2) is 5.65 Å². The van der Waals surface area contributed by atoms with Crippen molar-refractivity contribution in [3.8, 4) is 11.1 Å². The largest absolute Gasteiger partial charge is 0.299 e. The van der Waals surface area contributed by atoms with E-state index in [-0.39, 0.29) is 0 Å². The molecular formula is C25H25BrN4. The van der Waals surface area contributed by atoms with E-state index < -0.39 is 0 Å². The number of piperidine rings is 1. The molecule has 0 N–H and O–H groups in total. The predicted octanol–water partition coefficient (Wildman–Crippen LogP) is 5.85. The number of likely N-dealkylation sites (tertiary alicyclic amines) is 1. The van der Waals surface area contributed by atoms with E-state index in [0.29, 0.717) is 5.92 Å². The predicted molar refractivity (Wildman–Crippen MR) is 125 cm³/mol. The van der Waals surface area contributed by atoms with Crippen molar-refractivity contribution < 1.29 is 0 Å². The summed E-state index contributed by atoms with van der Waals surface area (Å²) < 4.78 is 2.87. The number of benzene rings is 2. The Hall–Kier alpha value is -2.50. The molecule has 4 nitrogen and oxygen atoms in total. The minimum Gasteiger partial charge on any atom is -0.299 e. The van der Waals surface area contributed by atoms with Crippen molar-refractivity contribution in [2.45, 2.75) is 32.2 Å². The third kappa shape index (κ3) is 3.92. The highest BCUT2D eigenvalue weighted by Gasteiger charge is 2.23. The van der Waals surface area contributed by atoms with Crippen LogP contribution < -0.4 is 0 Å². The van der Waals surface area contributed by atoms with Crippen LogP contribution in [0.5, 0.6) is 0 Å². The van der Waals surface area contributed by atoms with Crippen LogP contribution in [0.3, 0.4) is 0 Å². The summed E-state index contributed by atoms with van der Waals surface area (Å²) in [4.78, 5) is 7.47. The lowest BCUT2D eigenvalue weighted by molar-refractivity contribution is 0.203. The molecule has 152 valence electrons. The molecule has 2 aromatic heterocycles. The lowest BCUT2D eigenvalue weighted by Crippen LogP contribution is -2.32. The van der Waals surface area contributed by atoms with Crippen LogP contribution in [0.2, 0.25) is 0 Å². The third-order valence-corrected chi connectivity index (χ3v) is 6.66. The number of hydrogen-bond acceptors (Lipinski definition) is 3. The van der Waals surface area contributed by atoms with E-state index in [0.717, 1.165) is 48.3 Å². The normalized spacial score (nSPS) is 15.7. The van der Waals surface area contributed by atoms with Gasteiger partial charge in [0.1, 0.15) is 0 Å². The zero-order valence-corrected chi connectivity index (χ0v) is 18.7. The van der Waals surface area contributed by atoms with Crippen LogP contribution in [0.25, 0.3) is 16.8 Å². The maximum atomic E-state index is 4.90. The average molecular weight is 461 g/mol. The minimum absolute atomic E-state index is 0.521. The van der Waals surface area contributed by atoms with Gasteiger partial charge in [-0.2, -0.15) is 5.10 Å². The second kappa shape index (κ2) is 8.32. The van der Waals surface area contributed by atoms with Crippen molar-refractivity contribution in [1.29, 1.82) is 0 Å². The molecule has 1 fully saturated rings. The molecule has 1 saturated heterocycles. The summed E-state index contributed by atoms with van der Waals surface area (Å²) in [5, 5.41) is 4.39. The first-order chi connectivity index (χ1) is 14.7. The van der Waals surface area contributed by atoms with Crippen LogP contribution in [0.4, 0.5) is 0 Å². The van der Waals surface area contributed by atoms with Crippen LogP contribution in [0.15, 0.2) is 71.3 Å². The van der Waals surface area contributed by atoms with Gasteiger partial charge in [-0.25, -0.2) is 9.50 Å². The van der Waals surface area contributed by atoms with Crippen molar-refractivity contribution in [3.63, 3.8) is 0 Å². The first-order valence-corrected chi connectivity index (χ1v) is 11.3. The molecule has 0 spiro atoms. The number of aromatic nitrogens is 3. The van der Waals surface area contributed by atoms with Gasteiger partial charge in [0.25, 0.3) is 0 Å². The van der Waals surface area contributed by atoms with Gasteiger partial charge in [-0.3, -0.25) is 4.90 Å². The Kier molecular flexibility index (Phi) is 5.40. The average Bonchev–Trinajstić information content (AvgIpc) is 3.17. The summed E-state index contributed by atoms with van der Waals surface area (Å²) in [6.45, 7) is 5.34. The topological polar surface area (TPSA) is 33.4 Å². The number of nitrogens with zero attached hydrogens (tertiary/aromatic N) is 4. The Bertz CT molecular complexity index is 1140. The highest BCUT2D eigenvalue weighted by molar-refractivity contribution is 9.10. The van der Waals surface area contributed by atoms with Crippen molar-refractivity contribution >= 4 is 21.6 Å². The molecule has 0 bridgehead atoms. The third-order valence-electron chi connectivity index (χ3n) is 6.10. The second-order valence-electron chi connectivity index (χ2n) is 8.16. The molecule has 0 amide bonds. The van der Waals surface area contributed by atoms with Crippen LogP contribution >= 0.6 is 15.9 Å². The van der Waals surface area contributed by atoms with Gasteiger partial charge >= 0.3 is 0 Å². The standard InChI is InChI=1S/C25H25BrN4/c1-18-15-24(28-25-23(26)16-27-30(18)25)22-11-13-29(14-12-22)17-19-7-9-21(10-8-19)20-5-3-2-4-6-20/h2-10,15-16,22H,11-14,17H2,1H3. The molecule has 0 radical (unpaired) electrons. The lowest BCUT2D eigenvalue weighted by atomic mass is 9.92. The van der Waals surface area contributed by atoms with Crippen LogP contribution in [-0.4, -0.2) is 32.6 Å². The molecule has 2 aromatic carbocycles. The van der Waals surface area contributed by atoms with Gasteiger partial charge in [0.05, 0.1) is 10.7 Å². The molecule has 30 heavy (non-hydrogen) atoms. The van der Waals surface area contributed by atoms with Gasteiger partial charge in [0.2, 0.25) is 0 Å². The molecule has 0 saturated carbocycles. The van der Waals surface area contributed by atoms with Crippen molar-refractivity contribution in [3.05, 3.63) is 88.3 Å². The molecule has 5 rings (SSSR count). The number of aryl methyl sites for hydroxylation is 1. The summed E-state index contributed by atoms with van der Waals surface area (Å²) in [5.74, 6) is 0.521. The first kappa shape index (κ1) is 19.5. The monoisotopic (exact) mass is 460 g/mol. The SMILES string of the molecule is Cc1cc(C2CCN(Cc3ccc(-c4ccccc4)cc3)CC2)nc2c(Br)cnn12. The van der Waals surface area contributed by atoms with E-state index in [1.54, 1.807) is 0 Å². The summed E-state index contributed by atoms with van der Waals surface area (Å²) in [6, 6.07) is 21.8. The van der Waals surface area contributed by atoms with Gasteiger partial charge in [0, 0.05) is 23.9 Å². The second-order valence-corrected chi connectivity index (χ2v) is 9.02. The number of rotatable bonds is 4. The van der Waals surface area contributed by atoms with E-state index in [4.69, 9.17) is 4.98 Å². The van der Waals surface area contributed by atoms with E-state index >= 15 is 0 Å². The van der Waals surface area contributed by atoms with E-state index in [2.05, 4.69) is 93.5 Å². The fourth-order valence-electron chi connectivity index (χ4n) is 4.40. The Morgan fingerprint density at radius 2 is 1.67 bits per heavy atom. The molecule has 4 aromatic rings. The van der Waals surface area contributed by atoms with E-state index in [9.17, 15) is 0 Å². The summed E-state index contributed by atoms with van der Waals surface area (Å²) >= 11 is 3.57. The van der Waals surface area contributed by atoms with Crippen LogP contribution in [-0.2, 0) is 6.54 Å². The molecule has 3 heterocycles. The van der Waals surface area contributed by atoms with Crippen molar-refractivity contribution in [2.24, 2.45) is 0 Å². The van der Waals surface area contributed by atoms with Crippen LogP contribution in [0.1, 0.15) is 35.7 Å². The Morgan fingerprint density at radius 3 is 2.40 bits per heavy atom. The maximum Gasteiger partial charge on any atom is 0.169 e. The number of halogens is 1. The number of fused-ring (bicyclic) bond motifs is 1. The summed E-state index contributed by atoms with van der Waals surface area (Å²) in [5.41, 5.74) is 7.20. The maximum absolute atomic E-state index is 4.90. The first-order valence-electron chi connectivity index (χ1n) is 10.5. The fourth-order valence-corrected chi connectivity index (χ4v) is 4.75. The van der Waals surface area contributed by atoms with Crippen LogP contribution in [0, 0.1) is 6.92 Å². The number of hydrogen-bond donors (Lipinski definition) is 0. The molecule has 0 unspecified atom stereocenters. The molecule has 0 atom stereocenters. The highest BCUT2D eigenvalue weighted by atomic mass is 79.9. The Balaban J connectivity index is 1.23.